The van der Waals surface area contributed by atoms with Crippen molar-refractivity contribution in [1.82, 2.24) is 9.97 Å². The Hall–Kier alpha value is -3.09. The second-order valence-corrected chi connectivity index (χ2v) is 4.12. The molecule has 1 radical (unpaired) electrons. The lowest BCUT2D eigenvalue weighted by atomic mass is 10.2. The molecular formula is C14H7FN3O3. The summed E-state index contributed by atoms with van der Waals surface area (Å²) in [6, 6.07) is 6.83. The first-order chi connectivity index (χ1) is 10.1. The molecule has 0 aliphatic rings. The van der Waals surface area contributed by atoms with Crippen molar-refractivity contribution in [2.24, 2.45) is 0 Å². The maximum Gasteiger partial charge on any atom is 0.433 e. The molecule has 1 aromatic carbocycles. The van der Waals surface area contributed by atoms with Crippen LogP contribution in [0.3, 0.4) is 0 Å². The Morgan fingerprint density at radius 2 is 2.14 bits per heavy atom. The number of fused-ring (bicyclic) bond motifs is 1. The average molecular weight is 284 g/mol. The highest BCUT2D eigenvalue weighted by Crippen LogP contribution is 2.18. The van der Waals surface area contributed by atoms with E-state index in [2.05, 4.69) is 16.2 Å². The fourth-order valence-corrected chi connectivity index (χ4v) is 1.72. The summed E-state index contributed by atoms with van der Waals surface area (Å²) in [5, 5.41) is 11.1. The van der Waals surface area contributed by atoms with Gasteiger partial charge in [0, 0.05) is 11.5 Å². The van der Waals surface area contributed by atoms with Gasteiger partial charge in [0.05, 0.1) is 11.6 Å². The summed E-state index contributed by atoms with van der Waals surface area (Å²) in [7, 11) is 0. The first-order valence-electron chi connectivity index (χ1n) is 5.89. The lowest BCUT2D eigenvalue weighted by Gasteiger charge is -1.97. The third-order valence-corrected chi connectivity index (χ3v) is 2.67. The summed E-state index contributed by atoms with van der Waals surface area (Å²) in [4.78, 5) is 18.0. The van der Waals surface area contributed by atoms with Gasteiger partial charge in [-0.15, -0.1) is 0 Å². The van der Waals surface area contributed by atoms with Gasteiger partial charge < -0.3 is 4.42 Å². The van der Waals surface area contributed by atoms with Crippen LogP contribution in [-0.2, 0) is 0 Å². The van der Waals surface area contributed by atoms with Gasteiger partial charge in [0.1, 0.15) is 22.7 Å². The zero-order chi connectivity index (χ0) is 14.8. The second-order valence-electron chi connectivity index (χ2n) is 4.12. The number of nitro groups is 1. The van der Waals surface area contributed by atoms with E-state index in [0.717, 1.165) is 0 Å². The quantitative estimate of drug-likeness (QED) is 0.544. The van der Waals surface area contributed by atoms with Crippen LogP contribution in [0.15, 0.2) is 34.7 Å². The van der Waals surface area contributed by atoms with Crippen molar-refractivity contribution in [3.63, 3.8) is 0 Å². The second kappa shape index (κ2) is 5.12. The smallest absolute Gasteiger partial charge is 0.401 e. The Morgan fingerprint density at radius 3 is 2.90 bits per heavy atom. The minimum atomic E-state index is -0.625. The van der Waals surface area contributed by atoms with Crippen molar-refractivity contribution in [2.45, 2.75) is 0 Å². The van der Waals surface area contributed by atoms with Crippen LogP contribution in [-0.4, -0.2) is 14.9 Å². The Labute approximate surface area is 117 Å². The van der Waals surface area contributed by atoms with Gasteiger partial charge in [0.2, 0.25) is 0 Å². The van der Waals surface area contributed by atoms with Crippen molar-refractivity contribution in [2.75, 3.05) is 0 Å². The fraction of sp³-hybridized carbons (Fsp3) is 0. The molecule has 2 aromatic heterocycles. The van der Waals surface area contributed by atoms with Gasteiger partial charge in [-0.3, -0.25) is 10.1 Å². The van der Waals surface area contributed by atoms with Crippen molar-refractivity contribution in [1.29, 1.82) is 0 Å². The van der Waals surface area contributed by atoms with E-state index < -0.39 is 10.7 Å². The number of benzene rings is 1. The van der Waals surface area contributed by atoms with Crippen LogP contribution in [0.1, 0.15) is 11.6 Å². The Kier molecular flexibility index (Phi) is 3.15. The van der Waals surface area contributed by atoms with E-state index in [1.807, 2.05) is 0 Å². The van der Waals surface area contributed by atoms with E-state index in [-0.39, 0.29) is 5.88 Å². The van der Waals surface area contributed by atoms with Gasteiger partial charge in [-0.05, 0) is 30.4 Å². The van der Waals surface area contributed by atoms with E-state index in [4.69, 9.17) is 4.42 Å². The van der Waals surface area contributed by atoms with Crippen molar-refractivity contribution in [3.05, 3.63) is 64.0 Å². The van der Waals surface area contributed by atoms with Gasteiger partial charge in [-0.1, -0.05) is 0 Å². The molecule has 7 heteroatoms. The number of hydrogen-bond acceptors (Lipinski definition) is 5. The van der Waals surface area contributed by atoms with E-state index in [9.17, 15) is 14.5 Å². The van der Waals surface area contributed by atoms with Crippen LogP contribution in [0.4, 0.5) is 10.3 Å². The number of furan rings is 1. The molecule has 0 atom stereocenters. The molecule has 6 nitrogen and oxygen atoms in total. The summed E-state index contributed by atoms with van der Waals surface area (Å²) in [5.41, 5.74) is 0.426. The number of aromatic nitrogens is 2. The molecule has 2 heterocycles. The van der Waals surface area contributed by atoms with E-state index in [0.29, 0.717) is 22.5 Å². The molecule has 21 heavy (non-hydrogen) atoms. The van der Waals surface area contributed by atoms with Crippen LogP contribution in [0.2, 0.25) is 0 Å². The Morgan fingerprint density at radius 1 is 1.29 bits per heavy atom. The van der Waals surface area contributed by atoms with Crippen LogP contribution in [0, 0.1) is 22.1 Å². The Bertz CT molecular complexity index is 858. The van der Waals surface area contributed by atoms with E-state index in [1.165, 1.54) is 42.5 Å². The van der Waals surface area contributed by atoms with Gasteiger partial charge in [0.25, 0.3) is 0 Å². The number of hydrogen-bond donors (Lipinski definition) is 0. The minimum absolute atomic E-state index is 0.296. The molecule has 0 saturated carbocycles. The summed E-state index contributed by atoms with van der Waals surface area (Å²) in [5.74, 6) is -0.148. The zero-order valence-corrected chi connectivity index (χ0v) is 10.5. The molecule has 0 spiro atoms. The van der Waals surface area contributed by atoms with Crippen molar-refractivity contribution in [3.8, 4) is 0 Å². The van der Waals surface area contributed by atoms with E-state index in [1.54, 1.807) is 0 Å². The number of nitrogens with zero attached hydrogens (tertiary/aromatic N) is 3. The molecule has 0 bridgehead atoms. The highest BCUT2D eigenvalue weighted by molar-refractivity contribution is 5.78. The highest BCUT2D eigenvalue weighted by Gasteiger charge is 2.09. The average Bonchev–Trinajstić information content (AvgIpc) is 2.93. The maximum absolute atomic E-state index is 13.1. The van der Waals surface area contributed by atoms with Gasteiger partial charge in [-0.25, -0.2) is 14.4 Å². The van der Waals surface area contributed by atoms with Crippen LogP contribution >= 0.6 is 0 Å². The minimum Gasteiger partial charge on any atom is -0.401 e. The normalized spacial score (nSPS) is 11.3. The summed E-state index contributed by atoms with van der Waals surface area (Å²) in [6.07, 6.45) is 5.73. The summed E-state index contributed by atoms with van der Waals surface area (Å²) < 4.78 is 18.1. The predicted octanol–water partition coefficient (Wildman–Crippen LogP) is 3.24. The molecule has 0 aliphatic carbocycles. The standard InChI is InChI=1S/C14H7FN3O3/c15-10-2-1-9-8-16-13(17-12(9)7-10)5-3-11-4-6-14(21-11)18(19)20/h1-7H/b5-3+. The van der Waals surface area contributed by atoms with Gasteiger partial charge in [-0.2, -0.15) is 0 Å². The predicted molar refractivity (Wildman–Crippen MR) is 72.6 cm³/mol. The molecule has 0 unspecified atom stereocenters. The lowest BCUT2D eigenvalue weighted by Crippen LogP contribution is -1.89. The maximum atomic E-state index is 13.1. The first kappa shape index (κ1) is 12.9. The highest BCUT2D eigenvalue weighted by atomic mass is 19.1. The molecule has 0 saturated heterocycles. The largest absolute Gasteiger partial charge is 0.433 e. The number of rotatable bonds is 3. The summed E-state index contributed by atoms with van der Waals surface area (Å²) in [6.45, 7) is 0. The van der Waals surface area contributed by atoms with Crippen molar-refractivity contribution < 1.29 is 13.7 Å². The Balaban J connectivity index is 1.89. The molecule has 0 fully saturated rings. The fourth-order valence-electron chi connectivity index (χ4n) is 1.72. The van der Waals surface area contributed by atoms with E-state index >= 15 is 0 Å². The molecule has 3 aromatic rings. The van der Waals surface area contributed by atoms with Gasteiger partial charge >= 0.3 is 5.88 Å². The summed E-state index contributed by atoms with van der Waals surface area (Å²) >= 11 is 0. The zero-order valence-electron chi connectivity index (χ0n) is 10.5. The third kappa shape index (κ3) is 2.76. The SMILES string of the molecule is O=[N+]([O-])c1ccc(/C=C/c2n[c]c3ccc(F)cc3n2)o1. The van der Waals surface area contributed by atoms with Gasteiger partial charge in [0.15, 0.2) is 5.82 Å². The molecule has 3 rings (SSSR count). The topological polar surface area (TPSA) is 82.1 Å². The molecule has 0 amide bonds. The molecule has 0 N–H and O–H groups in total. The molecule has 103 valence electrons. The monoisotopic (exact) mass is 284 g/mol. The van der Waals surface area contributed by atoms with Crippen molar-refractivity contribution >= 4 is 28.9 Å². The molecule has 0 aliphatic heterocycles. The lowest BCUT2D eigenvalue weighted by molar-refractivity contribution is -0.402. The third-order valence-electron chi connectivity index (χ3n) is 2.67. The van der Waals surface area contributed by atoms with Crippen LogP contribution < -0.4 is 0 Å². The first-order valence-corrected chi connectivity index (χ1v) is 5.89. The molecular weight excluding hydrogens is 277 g/mol. The number of halogens is 1. The van der Waals surface area contributed by atoms with Crippen LogP contribution in [0.25, 0.3) is 23.1 Å². The van der Waals surface area contributed by atoms with Crippen LogP contribution in [0.5, 0.6) is 0 Å².